The van der Waals surface area contributed by atoms with Crippen molar-refractivity contribution in [3.8, 4) is 5.75 Å². The molecule has 0 aromatic heterocycles. The van der Waals surface area contributed by atoms with Crippen molar-refractivity contribution in [1.29, 1.82) is 0 Å². The Bertz CT molecular complexity index is 402. The summed E-state index contributed by atoms with van der Waals surface area (Å²) in [5.41, 5.74) is 5.57. The second kappa shape index (κ2) is 8.72. The molecule has 1 rings (SSSR count). The van der Waals surface area contributed by atoms with Gasteiger partial charge in [0.1, 0.15) is 11.6 Å². The van der Waals surface area contributed by atoms with Crippen molar-refractivity contribution < 1.29 is 13.9 Å². The summed E-state index contributed by atoms with van der Waals surface area (Å²) in [6, 6.07) is 5.75. The zero-order valence-electron chi connectivity index (χ0n) is 11.1. The number of halogens is 2. The first-order valence-corrected chi connectivity index (χ1v) is 5.94. The lowest BCUT2D eigenvalue weighted by Crippen LogP contribution is -2.38. The van der Waals surface area contributed by atoms with Crippen LogP contribution in [0.3, 0.4) is 0 Å². The molecule has 0 spiro atoms. The summed E-state index contributed by atoms with van der Waals surface area (Å²) in [5.74, 6) is -0.290. The van der Waals surface area contributed by atoms with Crippen LogP contribution in [0.1, 0.15) is 20.3 Å². The molecule has 0 bridgehead atoms. The minimum atomic E-state index is -0.667. The van der Waals surface area contributed by atoms with Crippen molar-refractivity contribution >= 4 is 18.3 Å². The molecule has 0 saturated carbocycles. The zero-order valence-corrected chi connectivity index (χ0v) is 11.9. The molecule has 2 atom stereocenters. The lowest BCUT2D eigenvalue weighted by Gasteiger charge is -2.15. The average molecular weight is 291 g/mol. The van der Waals surface area contributed by atoms with Crippen molar-refractivity contribution in [3.63, 3.8) is 0 Å². The van der Waals surface area contributed by atoms with E-state index in [4.69, 9.17) is 10.5 Å². The first kappa shape index (κ1) is 17.7. The van der Waals surface area contributed by atoms with E-state index in [1.807, 2.05) is 6.92 Å². The minimum absolute atomic E-state index is 0. The largest absolute Gasteiger partial charge is 0.481 e. The molecule has 0 aliphatic carbocycles. The van der Waals surface area contributed by atoms with Gasteiger partial charge in [-0.15, -0.1) is 12.4 Å². The van der Waals surface area contributed by atoms with Crippen LogP contribution in [0.15, 0.2) is 24.3 Å². The summed E-state index contributed by atoms with van der Waals surface area (Å²) in [4.78, 5) is 11.6. The van der Waals surface area contributed by atoms with E-state index in [-0.39, 0.29) is 24.4 Å². The number of hydrogen-bond acceptors (Lipinski definition) is 3. The quantitative estimate of drug-likeness (QED) is 0.841. The summed E-state index contributed by atoms with van der Waals surface area (Å²) in [6.45, 7) is 4.00. The zero-order chi connectivity index (χ0) is 13.5. The molecule has 4 nitrogen and oxygen atoms in total. The van der Waals surface area contributed by atoms with Crippen molar-refractivity contribution in [2.24, 2.45) is 5.73 Å². The highest BCUT2D eigenvalue weighted by molar-refractivity contribution is 5.85. The lowest BCUT2D eigenvalue weighted by molar-refractivity contribution is -0.127. The molecule has 0 saturated heterocycles. The number of rotatable bonds is 6. The van der Waals surface area contributed by atoms with E-state index < -0.39 is 11.9 Å². The molecule has 0 fully saturated rings. The van der Waals surface area contributed by atoms with Gasteiger partial charge in [-0.1, -0.05) is 6.07 Å². The van der Waals surface area contributed by atoms with Gasteiger partial charge in [0.2, 0.25) is 0 Å². The van der Waals surface area contributed by atoms with Crippen molar-refractivity contribution in [3.05, 3.63) is 30.1 Å². The van der Waals surface area contributed by atoms with Gasteiger partial charge in [-0.05, 0) is 32.4 Å². The standard InChI is InChI=1S/C13H19FN2O2.ClH/c1-9(15)6-7-16-13(17)10(2)18-12-5-3-4-11(14)8-12;/h3-5,8-10H,6-7,15H2,1-2H3,(H,16,17);1H. The maximum absolute atomic E-state index is 12.9. The minimum Gasteiger partial charge on any atom is -0.481 e. The van der Waals surface area contributed by atoms with Crippen LogP contribution in [0, 0.1) is 5.82 Å². The van der Waals surface area contributed by atoms with Gasteiger partial charge in [-0.3, -0.25) is 4.79 Å². The molecule has 19 heavy (non-hydrogen) atoms. The van der Waals surface area contributed by atoms with Gasteiger partial charge in [0.15, 0.2) is 6.10 Å². The van der Waals surface area contributed by atoms with Crippen molar-refractivity contribution in [2.45, 2.75) is 32.4 Å². The monoisotopic (exact) mass is 290 g/mol. The number of carbonyl (C=O) groups is 1. The highest BCUT2D eigenvalue weighted by Gasteiger charge is 2.14. The number of benzene rings is 1. The molecule has 108 valence electrons. The second-order valence-electron chi connectivity index (χ2n) is 4.27. The number of carbonyl (C=O) groups excluding carboxylic acids is 1. The van der Waals surface area contributed by atoms with Crippen molar-refractivity contribution in [2.75, 3.05) is 6.54 Å². The SMILES string of the molecule is CC(N)CCNC(=O)C(C)Oc1cccc(F)c1.Cl. The average Bonchev–Trinajstić information content (AvgIpc) is 2.28. The predicted molar refractivity (Wildman–Crippen MR) is 75.0 cm³/mol. The van der Waals surface area contributed by atoms with Crippen LogP contribution in [-0.2, 0) is 4.79 Å². The molecule has 0 heterocycles. The number of amides is 1. The fourth-order valence-electron chi connectivity index (χ4n) is 1.36. The number of nitrogens with two attached hydrogens (primary N) is 1. The van der Waals surface area contributed by atoms with E-state index in [9.17, 15) is 9.18 Å². The van der Waals surface area contributed by atoms with E-state index >= 15 is 0 Å². The number of ether oxygens (including phenoxy) is 1. The molecule has 0 radical (unpaired) electrons. The summed E-state index contributed by atoms with van der Waals surface area (Å²) >= 11 is 0. The molecule has 0 aliphatic rings. The molecule has 0 aliphatic heterocycles. The highest BCUT2D eigenvalue weighted by atomic mass is 35.5. The predicted octanol–water partition coefficient (Wildman–Crippen LogP) is 1.87. The molecule has 1 amide bonds. The summed E-state index contributed by atoms with van der Waals surface area (Å²) in [6.07, 6.45) is 0.0400. The van der Waals surface area contributed by atoms with Gasteiger partial charge in [0.25, 0.3) is 5.91 Å². The first-order chi connectivity index (χ1) is 8.49. The van der Waals surface area contributed by atoms with Crippen LogP contribution in [0.4, 0.5) is 4.39 Å². The van der Waals surface area contributed by atoms with Crippen LogP contribution >= 0.6 is 12.4 Å². The fraction of sp³-hybridized carbons (Fsp3) is 0.462. The topological polar surface area (TPSA) is 64.3 Å². The third-order valence-corrected chi connectivity index (χ3v) is 2.38. The van der Waals surface area contributed by atoms with Crippen LogP contribution in [0.2, 0.25) is 0 Å². The Kier molecular flexibility index (Phi) is 8.11. The Morgan fingerprint density at radius 1 is 1.47 bits per heavy atom. The maximum atomic E-state index is 12.9. The fourth-order valence-corrected chi connectivity index (χ4v) is 1.36. The third-order valence-electron chi connectivity index (χ3n) is 2.38. The van der Waals surface area contributed by atoms with Crippen LogP contribution in [-0.4, -0.2) is 24.6 Å². The molecular formula is C13H20ClFN2O2. The Morgan fingerprint density at radius 3 is 2.74 bits per heavy atom. The molecule has 3 N–H and O–H groups in total. The second-order valence-corrected chi connectivity index (χ2v) is 4.27. The smallest absolute Gasteiger partial charge is 0.260 e. The van der Waals surface area contributed by atoms with E-state index in [1.54, 1.807) is 13.0 Å². The normalized spacial score (nSPS) is 13.1. The molecular weight excluding hydrogens is 271 g/mol. The van der Waals surface area contributed by atoms with E-state index in [2.05, 4.69) is 5.32 Å². The molecule has 1 aromatic rings. The van der Waals surface area contributed by atoms with Crippen LogP contribution < -0.4 is 15.8 Å². The Hall–Kier alpha value is -1.33. The highest BCUT2D eigenvalue weighted by Crippen LogP contribution is 2.13. The van der Waals surface area contributed by atoms with Gasteiger partial charge >= 0.3 is 0 Å². The molecule has 2 unspecified atom stereocenters. The summed E-state index contributed by atoms with van der Waals surface area (Å²) in [7, 11) is 0. The van der Waals surface area contributed by atoms with Crippen LogP contribution in [0.25, 0.3) is 0 Å². The van der Waals surface area contributed by atoms with Crippen molar-refractivity contribution in [1.82, 2.24) is 5.32 Å². The third kappa shape index (κ3) is 6.98. The Morgan fingerprint density at radius 2 is 2.16 bits per heavy atom. The van der Waals surface area contributed by atoms with Gasteiger partial charge in [-0.2, -0.15) is 0 Å². The molecule has 1 aromatic carbocycles. The van der Waals surface area contributed by atoms with Crippen LogP contribution in [0.5, 0.6) is 5.75 Å². The maximum Gasteiger partial charge on any atom is 0.260 e. The number of nitrogens with one attached hydrogen (secondary N) is 1. The Labute approximate surface area is 118 Å². The van der Waals surface area contributed by atoms with Gasteiger partial charge in [-0.25, -0.2) is 4.39 Å². The summed E-state index contributed by atoms with van der Waals surface area (Å²) in [5, 5.41) is 2.71. The van der Waals surface area contributed by atoms with Gasteiger partial charge < -0.3 is 15.8 Å². The van der Waals surface area contributed by atoms with E-state index in [0.717, 1.165) is 0 Å². The number of hydrogen-bond donors (Lipinski definition) is 2. The first-order valence-electron chi connectivity index (χ1n) is 5.94. The van der Waals surface area contributed by atoms with Gasteiger partial charge in [0.05, 0.1) is 0 Å². The molecule has 6 heteroatoms. The van der Waals surface area contributed by atoms with E-state index in [0.29, 0.717) is 18.7 Å². The summed E-state index contributed by atoms with van der Waals surface area (Å²) < 4.78 is 18.2. The van der Waals surface area contributed by atoms with E-state index in [1.165, 1.54) is 18.2 Å². The Balaban J connectivity index is 0.00000324. The lowest BCUT2D eigenvalue weighted by atomic mass is 10.2. The van der Waals surface area contributed by atoms with Gasteiger partial charge in [0, 0.05) is 18.7 Å².